The molecular formula is C16H21NO3. The van der Waals surface area contributed by atoms with E-state index in [9.17, 15) is 9.59 Å². The summed E-state index contributed by atoms with van der Waals surface area (Å²) in [5.41, 5.74) is 1.15. The van der Waals surface area contributed by atoms with Gasteiger partial charge in [-0.1, -0.05) is 36.8 Å². The largest absolute Gasteiger partial charge is 0.480 e. The van der Waals surface area contributed by atoms with E-state index in [0.29, 0.717) is 13.0 Å². The predicted octanol–water partition coefficient (Wildman–Crippen LogP) is 2.13. The fourth-order valence-electron chi connectivity index (χ4n) is 2.80. The summed E-state index contributed by atoms with van der Waals surface area (Å²) in [6, 6.07) is 9.73. The average molecular weight is 275 g/mol. The van der Waals surface area contributed by atoms with Gasteiger partial charge < -0.3 is 5.11 Å². The lowest BCUT2D eigenvalue weighted by Crippen LogP contribution is -2.47. The van der Waals surface area contributed by atoms with Crippen LogP contribution in [0, 0.1) is 0 Å². The van der Waals surface area contributed by atoms with Crippen molar-refractivity contribution in [3.8, 4) is 0 Å². The van der Waals surface area contributed by atoms with Gasteiger partial charge >= 0.3 is 5.97 Å². The zero-order valence-corrected chi connectivity index (χ0v) is 11.6. The molecule has 0 spiro atoms. The van der Waals surface area contributed by atoms with Gasteiger partial charge in [0.05, 0.1) is 12.6 Å². The number of aliphatic carboxylic acids is 1. The van der Waals surface area contributed by atoms with Gasteiger partial charge in [0.25, 0.3) is 0 Å². The highest BCUT2D eigenvalue weighted by Gasteiger charge is 2.29. The number of carboxylic acids is 1. The highest BCUT2D eigenvalue weighted by atomic mass is 16.4. The Hall–Kier alpha value is -1.68. The summed E-state index contributed by atoms with van der Waals surface area (Å²) in [7, 11) is 0. The first-order valence-electron chi connectivity index (χ1n) is 7.19. The topological polar surface area (TPSA) is 57.6 Å². The second-order valence-corrected chi connectivity index (χ2v) is 5.33. The Balaban J connectivity index is 1.90. The first kappa shape index (κ1) is 14.7. The van der Waals surface area contributed by atoms with Crippen LogP contribution >= 0.6 is 0 Å². The smallest absolute Gasteiger partial charge is 0.317 e. The van der Waals surface area contributed by atoms with Crippen LogP contribution in [0.5, 0.6) is 0 Å². The molecule has 0 aliphatic carbocycles. The minimum atomic E-state index is -0.854. The maximum atomic E-state index is 12.3. The Morgan fingerprint density at radius 2 is 1.95 bits per heavy atom. The molecule has 1 heterocycles. The Kier molecular flexibility index (Phi) is 5.30. The van der Waals surface area contributed by atoms with Gasteiger partial charge in [-0.05, 0) is 31.4 Å². The van der Waals surface area contributed by atoms with Crippen molar-refractivity contribution in [2.75, 3.05) is 13.1 Å². The van der Waals surface area contributed by atoms with Crippen molar-refractivity contribution >= 4 is 11.8 Å². The second kappa shape index (κ2) is 7.20. The molecule has 2 rings (SSSR count). The molecule has 1 aromatic carbocycles. The predicted molar refractivity (Wildman–Crippen MR) is 76.6 cm³/mol. The number of ketones is 1. The minimum Gasteiger partial charge on any atom is -0.480 e. The van der Waals surface area contributed by atoms with Crippen LogP contribution in [0.2, 0.25) is 0 Å². The lowest BCUT2D eigenvalue weighted by molar-refractivity contribution is -0.140. The molecule has 1 saturated heterocycles. The van der Waals surface area contributed by atoms with Crippen molar-refractivity contribution in [1.29, 1.82) is 0 Å². The molecule has 0 radical (unpaired) electrons. The summed E-state index contributed by atoms with van der Waals surface area (Å²) in [5, 5.41) is 8.92. The van der Waals surface area contributed by atoms with Crippen LogP contribution in [-0.4, -0.2) is 40.9 Å². The molecule has 1 aliphatic heterocycles. The average Bonchev–Trinajstić information content (AvgIpc) is 2.46. The molecule has 1 aromatic rings. The number of Topliss-reactive ketones (excluding diaryl/α,β-unsaturated/α-hetero) is 1. The van der Waals surface area contributed by atoms with E-state index in [1.54, 1.807) is 0 Å². The number of carboxylic acid groups (broad SMARTS) is 1. The van der Waals surface area contributed by atoms with Crippen molar-refractivity contribution in [3.63, 3.8) is 0 Å². The molecule has 1 fully saturated rings. The summed E-state index contributed by atoms with van der Waals surface area (Å²) >= 11 is 0. The number of rotatable bonds is 6. The van der Waals surface area contributed by atoms with Crippen molar-refractivity contribution in [2.45, 2.75) is 38.1 Å². The van der Waals surface area contributed by atoms with Gasteiger partial charge in [-0.3, -0.25) is 14.5 Å². The SMILES string of the molecule is O=C(O)CN1CCCCC1C(=O)CCc1ccccc1. The van der Waals surface area contributed by atoms with E-state index in [0.717, 1.165) is 31.2 Å². The Morgan fingerprint density at radius 1 is 1.20 bits per heavy atom. The molecule has 1 atom stereocenters. The molecule has 0 aromatic heterocycles. The number of nitrogens with zero attached hydrogens (tertiary/aromatic N) is 1. The number of hydrogen-bond acceptors (Lipinski definition) is 3. The highest BCUT2D eigenvalue weighted by Crippen LogP contribution is 2.19. The van der Waals surface area contributed by atoms with Gasteiger partial charge in [0, 0.05) is 6.42 Å². The van der Waals surface area contributed by atoms with E-state index < -0.39 is 5.97 Å². The minimum absolute atomic E-state index is 0.0260. The molecule has 1 N–H and O–H groups in total. The first-order chi connectivity index (χ1) is 9.66. The van der Waals surface area contributed by atoms with Crippen molar-refractivity contribution in [3.05, 3.63) is 35.9 Å². The van der Waals surface area contributed by atoms with Gasteiger partial charge in [-0.2, -0.15) is 0 Å². The zero-order chi connectivity index (χ0) is 14.4. The van der Waals surface area contributed by atoms with Crippen molar-refractivity contribution in [1.82, 2.24) is 4.90 Å². The zero-order valence-electron chi connectivity index (χ0n) is 11.6. The Bertz CT molecular complexity index is 458. The van der Waals surface area contributed by atoms with Crippen LogP contribution in [0.25, 0.3) is 0 Å². The van der Waals surface area contributed by atoms with E-state index in [1.165, 1.54) is 0 Å². The van der Waals surface area contributed by atoms with Crippen LogP contribution in [0.4, 0.5) is 0 Å². The first-order valence-corrected chi connectivity index (χ1v) is 7.19. The summed E-state index contributed by atoms with van der Waals surface area (Å²) < 4.78 is 0. The van der Waals surface area contributed by atoms with Crippen LogP contribution < -0.4 is 0 Å². The van der Waals surface area contributed by atoms with E-state index in [1.807, 2.05) is 35.2 Å². The molecule has 108 valence electrons. The summed E-state index contributed by atoms with van der Waals surface area (Å²) in [5.74, 6) is -0.678. The summed E-state index contributed by atoms with van der Waals surface area (Å²) in [6.07, 6.45) is 4.01. The number of carbonyl (C=O) groups is 2. The molecule has 0 bridgehead atoms. The van der Waals surface area contributed by atoms with E-state index >= 15 is 0 Å². The third kappa shape index (κ3) is 4.17. The molecule has 1 aliphatic rings. The molecule has 20 heavy (non-hydrogen) atoms. The van der Waals surface area contributed by atoms with Gasteiger partial charge in [-0.15, -0.1) is 0 Å². The number of benzene rings is 1. The van der Waals surface area contributed by atoms with Gasteiger partial charge in [0.1, 0.15) is 5.78 Å². The number of carbonyl (C=O) groups excluding carboxylic acids is 1. The monoisotopic (exact) mass is 275 g/mol. The molecule has 0 saturated carbocycles. The Morgan fingerprint density at radius 3 is 2.65 bits per heavy atom. The third-order valence-electron chi connectivity index (χ3n) is 3.83. The lowest BCUT2D eigenvalue weighted by atomic mass is 9.95. The maximum absolute atomic E-state index is 12.3. The molecule has 1 unspecified atom stereocenters. The number of piperidine rings is 1. The van der Waals surface area contributed by atoms with Crippen molar-refractivity contribution < 1.29 is 14.7 Å². The normalized spacial score (nSPS) is 19.7. The van der Waals surface area contributed by atoms with Gasteiger partial charge in [0.15, 0.2) is 0 Å². The van der Waals surface area contributed by atoms with Crippen LogP contribution in [0.15, 0.2) is 30.3 Å². The van der Waals surface area contributed by atoms with E-state index in [4.69, 9.17) is 5.11 Å². The third-order valence-corrected chi connectivity index (χ3v) is 3.83. The fourth-order valence-corrected chi connectivity index (χ4v) is 2.80. The standard InChI is InChI=1S/C16H21NO3/c18-15(10-9-13-6-2-1-3-7-13)14-8-4-5-11-17(14)12-16(19)20/h1-3,6-7,14H,4-5,8-12H2,(H,19,20). The van der Waals surface area contributed by atoms with Gasteiger partial charge in [0.2, 0.25) is 0 Å². The van der Waals surface area contributed by atoms with Crippen molar-refractivity contribution in [2.24, 2.45) is 0 Å². The van der Waals surface area contributed by atoms with E-state index in [-0.39, 0.29) is 18.4 Å². The second-order valence-electron chi connectivity index (χ2n) is 5.33. The van der Waals surface area contributed by atoms with Crippen LogP contribution in [0.3, 0.4) is 0 Å². The number of hydrogen-bond donors (Lipinski definition) is 1. The highest BCUT2D eigenvalue weighted by molar-refractivity contribution is 5.85. The fraction of sp³-hybridized carbons (Fsp3) is 0.500. The molecule has 4 nitrogen and oxygen atoms in total. The Labute approximate surface area is 119 Å². The molecule has 4 heteroatoms. The molecular weight excluding hydrogens is 254 g/mol. The van der Waals surface area contributed by atoms with Crippen LogP contribution in [0.1, 0.15) is 31.2 Å². The van der Waals surface area contributed by atoms with Gasteiger partial charge in [-0.25, -0.2) is 0 Å². The molecule has 0 amide bonds. The number of likely N-dealkylation sites (tertiary alicyclic amines) is 1. The lowest BCUT2D eigenvalue weighted by Gasteiger charge is -2.33. The van der Waals surface area contributed by atoms with Crippen LogP contribution in [-0.2, 0) is 16.0 Å². The quantitative estimate of drug-likeness (QED) is 0.864. The van der Waals surface area contributed by atoms with E-state index in [2.05, 4.69) is 0 Å². The summed E-state index contributed by atoms with van der Waals surface area (Å²) in [6.45, 7) is 0.690. The summed E-state index contributed by atoms with van der Waals surface area (Å²) in [4.78, 5) is 25.0. The maximum Gasteiger partial charge on any atom is 0.317 e. The number of aryl methyl sites for hydroxylation is 1.